The van der Waals surface area contributed by atoms with Gasteiger partial charge in [0.2, 0.25) is 0 Å². The van der Waals surface area contributed by atoms with Crippen LogP contribution < -0.4 is 5.73 Å². The maximum atomic E-state index is 11.1. The van der Waals surface area contributed by atoms with Gasteiger partial charge in [0.25, 0.3) is 10.1 Å². The second-order valence-electron chi connectivity index (χ2n) is 4.21. The summed E-state index contributed by atoms with van der Waals surface area (Å²) in [7, 11) is -4.25. The third-order valence-corrected chi connectivity index (χ3v) is 3.62. The highest BCUT2D eigenvalue weighted by atomic mass is 32.2. The monoisotopic (exact) mass is 290 g/mol. The molecule has 0 atom stereocenters. The van der Waals surface area contributed by atoms with E-state index in [0.717, 1.165) is 0 Å². The van der Waals surface area contributed by atoms with Crippen LogP contribution in [0.5, 0.6) is 0 Å². The zero-order valence-electron chi connectivity index (χ0n) is 10.1. The van der Waals surface area contributed by atoms with E-state index < -0.39 is 10.1 Å². The van der Waals surface area contributed by atoms with Gasteiger partial charge in [-0.1, -0.05) is 0 Å². The number of fused-ring (bicyclic) bond motifs is 1. The van der Waals surface area contributed by atoms with Crippen molar-refractivity contribution in [1.82, 2.24) is 15.0 Å². The van der Waals surface area contributed by atoms with Gasteiger partial charge in [-0.2, -0.15) is 13.2 Å². The predicted molar refractivity (Wildman–Crippen MR) is 73.1 cm³/mol. The van der Waals surface area contributed by atoms with Crippen LogP contribution in [0.1, 0.15) is 0 Å². The molecule has 1 aromatic heterocycles. The summed E-state index contributed by atoms with van der Waals surface area (Å²) < 4.78 is 31.2. The molecule has 0 saturated carbocycles. The summed E-state index contributed by atoms with van der Waals surface area (Å²) >= 11 is 0. The molecule has 0 unspecified atom stereocenters. The van der Waals surface area contributed by atoms with Crippen LogP contribution in [0.3, 0.4) is 0 Å². The smallest absolute Gasteiger partial charge is 0.294 e. The van der Waals surface area contributed by atoms with E-state index in [2.05, 4.69) is 10.2 Å². The van der Waals surface area contributed by atoms with E-state index in [4.69, 9.17) is 10.3 Å². The van der Waals surface area contributed by atoms with Crippen LogP contribution in [-0.4, -0.2) is 28.0 Å². The van der Waals surface area contributed by atoms with Gasteiger partial charge < -0.3 is 5.73 Å². The van der Waals surface area contributed by atoms with Crippen molar-refractivity contribution in [1.29, 1.82) is 0 Å². The normalized spacial score (nSPS) is 11.8. The van der Waals surface area contributed by atoms with E-state index in [0.29, 0.717) is 22.4 Å². The minimum absolute atomic E-state index is 0.214. The molecule has 0 bridgehead atoms. The molecule has 0 radical (unpaired) electrons. The number of hydrogen-bond acceptors (Lipinski definition) is 5. The summed E-state index contributed by atoms with van der Waals surface area (Å²) in [4.78, 5) is 1.16. The lowest BCUT2D eigenvalue weighted by Crippen LogP contribution is -1.98. The van der Waals surface area contributed by atoms with Crippen molar-refractivity contribution >= 4 is 26.8 Å². The predicted octanol–water partition coefficient (Wildman–Crippen LogP) is 1.25. The number of hydrogen-bond donors (Lipinski definition) is 2. The van der Waals surface area contributed by atoms with Crippen LogP contribution in [0.15, 0.2) is 47.4 Å². The average molecular weight is 290 g/mol. The van der Waals surface area contributed by atoms with Crippen LogP contribution in [0, 0.1) is 0 Å². The number of aromatic nitrogens is 3. The fourth-order valence-electron chi connectivity index (χ4n) is 1.78. The van der Waals surface area contributed by atoms with Gasteiger partial charge in [-0.25, -0.2) is 0 Å². The maximum absolute atomic E-state index is 11.1. The van der Waals surface area contributed by atoms with Crippen LogP contribution in [0.2, 0.25) is 0 Å². The van der Waals surface area contributed by atoms with Crippen molar-refractivity contribution in [3.8, 4) is 5.69 Å². The molecule has 2 aromatic carbocycles. The lowest BCUT2D eigenvalue weighted by Gasteiger charge is -1.98. The second-order valence-corrected chi connectivity index (χ2v) is 5.63. The Morgan fingerprint density at radius 3 is 2.30 bits per heavy atom. The molecular formula is C12H10N4O3S. The summed E-state index contributed by atoms with van der Waals surface area (Å²) in [5.41, 5.74) is 7.82. The van der Waals surface area contributed by atoms with Gasteiger partial charge in [0.15, 0.2) is 0 Å². The van der Waals surface area contributed by atoms with Gasteiger partial charge in [0, 0.05) is 5.69 Å². The highest BCUT2D eigenvalue weighted by molar-refractivity contribution is 7.85. The zero-order valence-corrected chi connectivity index (χ0v) is 10.9. The van der Waals surface area contributed by atoms with Gasteiger partial charge in [0.05, 0.1) is 10.6 Å². The molecule has 0 spiro atoms. The van der Waals surface area contributed by atoms with E-state index in [9.17, 15) is 8.42 Å². The van der Waals surface area contributed by atoms with Crippen molar-refractivity contribution in [3.05, 3.63) is 42.5 Å². The molecule has 3 N–H and O–H groups in total. The first kappa shape index (κ1) is 12.6. The number of rotatable bonds is 2. The first-order chi connectivity index (χ1) is 9.43. The lowest BCUT2D eigenvalue weighted by atomic mass is 10.3. The largest absolute Gasteiger partial charge is 0.399 e. The highest BCUT2D eigenvalue weighted by Crippen LogP contribution is 2.17. The Hall–Kier alpha value is -2.45. The van der Waals surface area contributed by atoms with Gasteiger partial charge in [-0.15, -0.1) is 10.2 Å². The number of nitrogens with zero attached hydrogens (tertiary/aromatic N) is 3. The Labute approximate surface area is 114 Å². The third-order valence-electron chi connectivity index (χ3n) is 2.77. The van der Waals surface area contributed by atoms with Crippen molar-refractivity contribution in [2.45, 2.75) is 4.90 Å². The first-order valence-corrected chi connectivity index (χ1v) is 7.08. The van der Waals surface area contributed by atoms with Crippen molar-refractivity contribution in [2.75, 3.05) is 5.73 Å². The second kappa shape index (κ2) is 4.29. The van der Waals surface area contributed by atoms with Crippen LogP contribution >= 0.6 is 0 Å². The fraction of sp³-hybridized carbons (Fsp3) is 0. The Bertz CT molecular complexity index is 885. The van der Waals surface area contributed by atoms with Crippen LogP contribution in [0.4, 0.5) is 5.69 Å². The van der Waals surface area contributed by atoms with Crippen molar-refractivity contribution < 1.29 is 13.0 Å². The molecule has 0 amide bonds. The first-order valence-electron chi connectivity index (χ1n) is 5.64. The Morgan fingerprint density at radius 1 is 1.00 bits per heavy atom. The molecule has 3 rings (SSSR count). The molecule has 3 aromatic rings. The molecule has 0 aliphatic rings. The molecule has 20 heavy (non-hydrogen) atoms. The molecule has 7 nitrogen and oxygen atoms in total. The molecule has 102 valence electrons. The maximum Gasteiger partial charge on any atom is 0.294 e. The summed E-state index contributed by atoms with van der Waals surface area (Å²) in [6, 6.07) is 11.0. The van der Waals surface area contributed by atoms with Gasteiger partial charge >= 0.3 is 0 Å². The van der Waals surface area contributed by atoms with Gasteiger partial charge in [0.1, 0.15) is 11.0 Å². The van der Waals surface area contributed by atoms with Gasteiger partial charge in [-0.05, 0) is 42.5 Å². The van der Waals surface area contributed by atoms with E-state index >= 15 is 0 Å². The topological polar surface area (TPSA) is 111 Å². The summed E-state index contributed by atoms with van der Waals surface area (Å²) in [5.74, 6) is 0. The summed E-state index contributed by atoms with van der Waals surface area (Å²) in [6.45, 7) is 0. The van der Waals surface area contributed by atoms with Gasteiger partial charge in [-0.3, -0.25) is 4.55 Å². The third kappa shape index (κ3) is 2.22. The summed E-state index contributed by atoms with van der Waals surface area (Å²) in [5, 5.41) is 8.40. The van der Waals surface area contributed by atoms with E-state index in [1.807, 2.05) is 0 Å². The van der Waals surface area contributed by atoms with E-state index in [1.54, 1.807) is 24.3 Å². The van der Waals surface area contributed by atoms with Crippen molar-refractivity contribution in [2.24, 2.45) is 0 Å². The number of nitrogens with two attached hydrogens (primary N) is 1. The zero-order chi connectivity index (χ0) is 14.3. The standard InChI is InChI=1S/C12H10N4O3S/c13-8-1-3-9(4-2-8)16-14-11-6-5-10(20(17,18)19)7-12(11)15-16/h1-7H,13H2,(H,17,18,19). The van der Waals surface area contributed by atoms with Crippen molar-refractivity contribution in [3.63, 3.8) is 0 Å². The van der Waals surface area contributed by atoms with E-state index in [-0.39, 0.29) is 4.90 Å². The summed E-state index contributed by atoms with van der Waals surface area (Å²) in [6.07, 6.45) is 0. The number of nitrogen functional groups attached to an aromatic ring is 1. The lowest BCUT2D eigenvalue weighted by molar-refractivity contribution is 0.483. The molecular weight excluding hydrogens is 280 g/mol. The molecule has 0 fully saturated rings. The SMILES string of the molecule is Nc1ccc(-n2nc3ccc(S(=O)(=O)O)cc3n2)cc1. The Morgan fingerprint density at radius 2 is 1.65 bits per heavy atom. The molecule has 0 aliphatic heterocycles. The van der Waals surface area contributed by atoms with Crippen LogP contribution in [-0.2, 0) is 10.1 Å². The fourth-order valence-corrected chi connectivity index (χ4v) is 2.28. The number of benzene rings is 2. The minimum Gasteiger partial charge on any atom is -0.399 e. The van der Waals surface area contributed by atoms with Crippen LogP contribution in [0.25, 0.3) is 16.7 Å². The number of anilines is 1. The highest BCUT2D eigenvalue weighted by Gasteiger charge is 2.12. The molecule has 1 heterocycles. The molecule has 0 aliphatic carbocycles. The average Bonchev–Trinajstić information content (AvgIpc) is 2.81. The minimum atomic E-state index is -4.25. The Balaban J connectivity index is 2.13. The quantitative estimate of drug-likeness (QED) is 0.542. The Kier molecular flexibility index (Phi) is 2.70. The molecule has 8 heteroatoms. The molecule has 0 saturated heterocycles. The van der Waals surface area contributed by atoms with E-state index in [1.165, 1.54) is 23.0 Å².